The van der Waals surface area contributed by atoms with Gasteiger partial charge in [0.05, 0.1) is 13.2 Å². The molecule has 6 nitrogen and oxygen atoms in total. The van der Waals surface area contributed by atoms with Crippen LogP contribution in [0.15, 0.2) is 46.6 Å². The summed E-state index contributed by atoms with van der Waals surface area (Å²) in [5, 5.41) is 28.0. The molecule has 0 aromatic heterocycles. The summed E-state index contributed by atoms with van der Waals surface area (Å²) in [5.74, 6) is 0.127. The molecule has 3 rings (SSSR count). The Kier molecular flexibility index (Phi) is 6.21. The van der Waals surface area contributed by atoms with Crippen molar-refractivity contribution in [2.45, 2.75) is 6.92 Å². The molecular weight excluding hydrogens is 346 g/mol. The third-order valence-electron chi connectivity index (χ3n) is 3.73. The van der Waals surface area contributed by atoms with Gasteiger partial charge in [0.1, 0.15) is 22.9 Å². The number of nitrogens with zero attached hydrogens (tertiary/aromatic N) is 3. The van der Waals surface area contributed by atoms with Crippen LogP contribution in [0.1, 0.15) is 5.56 Å². The van der Waals surface area contributed by atoms with Gasteiger partial charge in [-0.3, -0.25) is 0 Å². The van der Waals surface area contributed by atoms with E-state index in [-0.39, 0.29) is 28.9 Å². The number of hydrogen-bond acceptors (Lipinski definition) is 6. The maximum absolute atomic E-state index is 10.1. The van der Waals surface area contributed by atoms with Crippen LogP contribution in [0.2, 0.25) is 0 Å². The molecule has 7 heteroatoms. The van der Waals surface area contributed by atoms with Crippen molar-refractivity contribution in [3.05, 3.63) is 42.0 Å². The van der Waals surface area contributed by atoms with E-state index in [1.54, 1.807) is 24.3 Å². The Morgan fingerprint density at radius 3 is 2.08 bits per heavy atom. The molecule has 1 aliphatic rings. The topological polar surface area (TPSA) is 77.7 Å². The second-order valence-corrected chi connectivity index (χ2v) is 5.46. The van der Waals surface area contributed by atoms with Crippen LogP contribution in [-0.4, -0.2) is 36.5 Å². The van der Waals surface area contributed by atoms with E-state index in [1.807, 2.05) is 19.1 Å². The van der Waals surface area contributed by atoms with Crippen molar-refractivity contribution < 1.29 is 32.3 Å². The molecule has 1 heterocycles. The second kappa shape index (κ2) is 8.16. The number of morpholine rings is 1. The number of phenolic OH excluding ortho intramolecular Hbond substituents is 2. The fraction of sp³-hybridized carbons (Fsp3) is 0.294. The Labute approximate surface area is 151 Å². The molecule has 0 atom stereocenters. The zero-order valence-electron chi connectivity index (χ0n) is 13.3. The molecule has 2 aromatic carbocycles. The summed E-state index contributed by atoms with van der Waals surface area (Å²) in [6.07, 6.45) is 0. The average Bonchev–Trinajstić information content (AvgIpc) is 2.56. The van der Waals surface area contributed by atoms with E-state index in [0.29, 0.717) is 24.6 Å². The molecular formula is C17H19CrN3O3. The first-order valence-corrected chi connectivity index (χ1v) is 7.50. The van der Waals surface area contributed by atoms with Gasteiger partial charge in [-0.1, -0.05) is 6.07 Å². The summed E-state index contributed by atoms with van der Waals surface area (Å²) >= 11 is 0. The van der Waals surface area contributed by atoms with E-state index < -0.39 is 0 Å². The Morgan fingerprint density at radius 1 is 0.917 bits per heavy atom. The third-order valence-corrected chi connectivity index (χ3v) is 3.73. The maximum atomic E-state index is 10.1. The number of hydrogen-bond donors (Lipinski definition) is 2. The molecule has 0 saturated carbocycles. The van der Waals surface area contributed by atoms with Gasteiger partial charge in [0.25, 0.3) is 0 Å². The number of anilines is 1. The van der Waals surface area contributed by atoms with Crippen molar-refractivity contribution in [2.75, 3.05) is 31.2 Å². The fourth-order valence-electron chi connectivity index (χ4n) is 2.44. The number of aryl methyl sites for hydroxylation is 1. The Hall–Kier alpha value is -2.07. The van der Waals surface area contributed by atoms with Crippen LogP contribution >= 0.6 is 0 Å². The van der Waals surface area contributed by atoms with Crippen molar-refractivity contribution >= 4 is 17.1 Å². The van der Waals surface area contributed by atoms with Crippen molar-refractivity contribution in [1.82, 2.24) is 0 Å². The van der Waals surface area contributed by atoms with Crippen molar-refractivity contribution in [2.24, 2.45) is 10.2 Å². The SMILES string of the molecule is Cc1ccc(N=Nc2ccc(N3CCOCC3)cc2O)c(O)c1.[Cr]. The number of ether oxygens (including phenoxy) is 1. The molecule has 24 heavy (non-hydrogen) atoms. The number of azo groups is 1. The van der Waals surface area contributed by atoms with E-state index in [4.69, 9.17) is 4.74 Å². The monoisotopic (exact) mass is 365 g/mol. The number of phenols is 2. The van der Waals surface area contributed by atoms with Crippen LogP contribution in [0.3, 0.4) is 0 Å². The summed E-state index contributed by atoms with van der Waals surface area (Å²) < 4.78 is 5.32. The van der Waals surface area contributed by atoms with Crippen LogP contribution in [0.4, 0.5) is 17.1 Å². The first-order valence-electron chi connectivity index (χ1n) is 7.50. The van der Waals surface area contributed by atoms with Crippen LogP contribution in [0, 0.1) is 6.92 Å². The first-order chi connectivity index (χ1) is 11.1. The van der Waals surface area contributed by atoms with Gasteiger partial charge in [-0.15, -0.1) is 10.2 Å². The quantitative estimate of drug-likeness (QED) is 0.814. The van der Waals surface area contributed by atoms with Crippen LogP contribution in [0.25, 0.3) is 0 Å². The molecule has 1 saturated heterocycles. The molecule has 0 bridgehead atoms. The predicted molar refractivity (Wildman–Crippen MR) is 88.2 cm³/mol. The Balaban J connectivity index is 0.00000208. The summed E-state index contributed by atoms with van der Waals surface area (Å²) in [6.45, 7) is 4.87. The molecule has 1 aliphatic heterocycles. The van der Waals surface area contributed by atoms with Crippen LogP contribution in [-0.2, 0) is 22.1 Å². The average molecular weight is 365 g/mol. The van der Waals surface area contributed by atoms with E-state index in [2.05, 4.69) is 15.1 Å². The Bertz CT molecular complexity index is 731. The van der Waals surface area contributed by atoms with Gasteiger partial charge in [0.15, 0.2) is 0 Å². The van der Waals surface area contributed by atoms with E-state index >= 15 is 0 Å². The van der Waals surface area contributed by atoms with E-state index in [9.17, 15) is 10.2 Å². The zero-order chi connectivity index (χ0) is 16.2. The zero-order valence-corrected chi connectivity index (χ0v) is 14.6. The van der Waals surface area contributed by atoms with Gasteiger partial charge >= 0.3 is 0 Å². The minimum Gasteiger partial charge on any atom is -0.506 e. The number of benzene rings is 2. The van der Waals surface area contributed by atoms with Crippen LogP contribution in [0.5, 0.6) is 11.5 Å². The third kappa shape index (κ3) is 4.26. The van der Waals surface area contributed by atoms with Crippen molar-refractivity contribution in [3.8, 4) is 11.5 Å². The van der Waals surface area contributed by atoms with Crippen LogP contribution < -0.4 is 4.90 Å². The molecule has 2 N–H and O–H groups in total. The largest absolute Gasteiger partial charge is 0.506 e. The first kappa shape index (κ1) is 18.3. The molecule has 0 unspecified atom stereocenters. The second-order valence-electron chi connectivity index (χ2n) is 5.46. The standard InChI is InChI=1S/C17H19N3O3.Cr/c1-12-2-4-14(16(21)10-12)18-19-15-5-3-13(11-17(15)22)20-6-8-23-9-7-20;/h2-5,10-11,21-22H,6-9H2,1H3;. The molecule has 126 valence electrons. The van der Waals surface area contributed by atoms with Gasteiger partial charge in [-0.2, -0.15) is 0 Å². The molecule has 0 radical (unpaired) electrons. The summed E-state index contributed by atoms with van der Waals surface area (Å²) in [6, 6.07) is 10.4. The van der Waals surface area contributed by atoms with Gasteiger partial charge < -0.3 is 19.8 Å². The van der Waals surface area contributed by atoms with Gasteiger partial charge in [0.2, 0.25) is 0 Å². The smallest absolute Gasteiger partial charge is 0.145 e. The minimum atomic E-state index is 0. The number of rotatable bonds is 3. The normalized spacial score (nSPS) is 14.6. The molecule has 2 aromatic rings. The van der Waals surface area contributed by atoms with Gasteiger partial charge in [-0.25, -0.2) is 0 Å². The molecule has 0 spiro atoms. The molecule has 0 amide bonds. The molecule has 1 fully saturated rings. The van der Waals surface area contributed by atoms with Crippen molar-refractivity contribution in [1.29, 1.82) is 0 Å². The van der Waals surface area contributed by atoms with E-state index in [0.717, 1.165) is 24.3 Å². The molecule has 0 aliphatic carbocycles. The summed E-state index contributed by atoms with van der Waals surface area (Å²) in [5.41, 5.74) is 2.61. The summed E-state index contributed by atoms with van der Waals surface area (Å²) in [4.78, 5) is 2.15. The number of aromatic hydroxyl groups is 2. The maximum Gasteiger partial charge on any atom is 0.145 e. The summed E-state index contributed by atoms with van der Waals surface area (Å²) in [7, 11) is 0. The van der Waals surface area contributed by atoms with Crippen molar-refractivity contribution in [3.63, 3.8) is 0 Å². The Morgan fingerprint density at radius 2 is 1.50 bits per heavy atom. The predicted octanol–water partition coefficient (Wildman–Crippen LogP) is 3.66. The van der Waals surface area contributed by atoms with Gasteiger partial charge in [0, 0.05) is 42.2 Å². The van der Waals surface area contributed by atoms with Gasteiger partial charge in [-0.05, 0) is 36.8 Å². The van der Waals surface area contributed by atoms with E-state index in [1.165, 1.54) is 0 Å². The fourth-order valence-corrected chi connectivity index (χ4v) is 2.44. The minimum absolute atomic E-state index is 0.